The van der Waals surface area contributed by atoms with E-state index in [1.54, 1.807) is 0 Å². The molecule has 112 valence electrons. The number of fused-ring (bicyclic) bond motifs is 2. The van der Waals surface area contributed by atoms with Gasteiger partial charge >= 0.3 is 0 Å². The van der Waals surface area contributed by atoms with E-state index in [1.165, 1.54) is 31.4 Å². The van der Waals surface area contributed by atoms with Crippen molar-refractivity contribution in [3.8, 4) is 0 Å². The lowest BCUT2D eigenvalue weighted by atomic mass is 10.1. The summed E-state index contributed by atoms with van der Waals surface area (Å²) < 4.78 is 6.08. The smallest absolute Gasteiger partial charge is 0.120 e. The summed E-state index contributed by atoms with van der Waals surface area (Å²) in [4.78, 5) is 2.62. The molecule has 0 aromatic carbocycles. The quantitative estimate of drug-likeness (QED) is 0.913. The van der Waals surface area contributed by atoms with Gasteiger partial charge in [0.05, 0.1) is 13.1 Å². The Morgan fingerprint density at radius 3 is 2.75 bits per heavy atom. The van der Waals surface area contributed by atoms with Gasteiger partial charge in [-0.15, -0.1) is 0 Å². The number of piperidine rings is 1. The number of hydrogen-bond acceptors (Lipinski definition) is 3. The van der Waals surface area contributed by atoms with Crippen molar-refractivity contribution in [1.82, 2.24) is 10.2 Å². The second-order valence-corrected chi connectivity index (χ2v) is 7.68. The first kappa shape index (κ1) is 14.2. The van der Waals surface area contributed by atoms with E-state index in [4.69, 9.17) is 4.42 Å². The molecule has 2 bridgehead atoms. The first-order chi connectivity index (χ1) is 9.40. The zero-order valence-electron chi connectivity index (χ0n) is 13.3. The van der Waals surface area contributed by atoms with Crippen LogP contribution in [-0.2, 0) is 13.1 Å². The Morgan fingerprint density at radius 1 is 1.35 bits per heavy atom. The number of hydrogen-bond donors (Lipinski definition) is 1. The number of nitrogens with one attached hydrogen (secondary N) is 1. The van der Waals surface area contributed by atoms with Crippen molar-refractivity contribution in [3.63, 3.8) is 0 Å². The fraction of sp³-hybridized carbons (Fsp3) is 0.765. The van der Waals surface area contributed by atoms with Crippen molar-refractivity contribution < 1.29 is 4.42 Å². The number of furan rings is 1. The summed E-state index contributed by atoms with van der Waals surface area (Å²) >= 11 is 0. The molecular formula is C17H28N2O. The molecule has 3 nitrogen and oxygen atoms in total. The van der Waals surface area contributed by atoms with Gasteiger partial charge < -0.3 is 9.73 Å². The number of aryl methyl sites for hydroxylation is 1. The largest absolute Gasteiger partial charge is 0.463 e. The molecule has 2 atom stereocenters. The Balaban J connectivity index is 1.60. The summed E-state index contributed by atoms with van der Waals surface area (Å²) in [7, 11) is 0. The average molecular weight is 276 g/mol. The normalized spacial score (nSPS) is 26.6. The van der Waals surface area contributed by atoms with Crippen LogP contribution in [0.1, 0.15) is 57.1 Å². The number of rotatable bonds is 4. The highest BCUT2D eigenvalue weighted by Gasteiger charge is 2.37. The summed E-state index contributed by atoms with van der Waals surface area (Å²) in [5, 5.41) is 3.51. The van der Waals surface area contributed by atoms with Crippen molar-refractivity contribution >= 4 is 0 Å². The molecule has 2 aliphatic rings. The third kappa shape index (κ3) is 3.09. The van der Waals surface area contributed by atoms with E-state index >= 15 is 0 Å². The molecule has 1 N–H and O–H groups in total. The zero-order valence-corrected chi connectivity index (χ0v) is 13.3. The second kappa shape index (κ2) is 5.19. The molecule has 1 aromatic heterocycles. The highest BCUT2D eigenvalue weighted by atomic mass is 16.3. The van der Waals surface area contributed by atoms with E-state index in [-0.39, 0.29) is 5.54 Å². The van der Waals surface area contributed by atoms with Crippen LogP contribution in [0.2, 0.25) is 0 Å². The van der Waals surface area contributed by atoms with Gasteiger partial charge in [0.1, 0.15) is 11.5 Å². The van der Waals surface area contributed by atoms with Gasteiger partial charge in [0.25, 0.3) is 0 Å². The molecule has 1 saturated heterocycles. The minimum atomic E-state index is 0.132. The highest BCUT2D eigenvalue weighted by Crippen LogP contribution is 2.38. The van der Waals surface area contributed by atoms with Crippen molar-refractivity contribution in [2.45, 2.75) is 71.6 Å². The Labute approximate surface area is 122 Å². The molecular weight excluding hydrogens is 248 g/mol. The maximum absolute atomic E-state index is 6.08. The molecule has 2 fully saturated rings. The van der Waals surface area contributed by atoms with Gasteiger partial charge in [-0.1, -0.05) is 0 Å². The molecule has 0 radical (unpaired) electrons. The van der Waals surface area contributed by atoms with Crippen molar-refractivity contribution in [2.24, 2.45) is 5.92 Å². The van der Waals surface area contributed by atoms with E-state index in [0.717, 1.165) is 36.6 Å². The number of nitrogens with zero attached hydrogens (tertiary/aromatic N) is 1. The van der Waals surface area contributed by atoms with Gasteiger partial charge in [-0.25, -0.2) is 0 Å². The monoisotopic (exact) mass is 276 g/mol. The average Bonchev–Trinajstić information content (AvgIpc) is 3.01. The topological polar surface area (TPSA) is 28.4 Å². The van der Waals surface area contributed by atoms with E-state index in [1.807, 2.05) is 0 Å². The predicted molar refractivity (Wildman–Crippen MR) is 81.6 cm³/mol. The fourth-order valence-electron chi connectivity index (χ4n) is 3.61. The molecule has 1 saturated carbocycles. The van der Waals surface area contributed by atoms with Gasteiger partial charge in [-0.2, -0.15) is 0 Å². The summed E-state index contributed by atoms with van der Waals surface area (Å²) in [6, 6.07) is 3.05. The third-order valence-corrected chi connectivity index (χ3v) is 4.73. The van der Waals surface area contributed by atoms with Crippen LogP contribution < -0.4 is 5.32 Å². The molecule has 0 spiro atoms. The maximum atomic E-state index is 6.08. The maximum Gasteiger partial charge on any atom is 0.120 e. The third-order valence-electron chi connectivity index (χ3n) is 4.73. The number of likely N-dealkylation sites (tertiary alicyclic amines) is 1. The van der Waals surface area contributed by atoms with Crippen LogP contribution in [-0.4, -0.2) is 23.0 Å². The minimum Gasteiger partial charge on any atom is -0.463 e. The highest BCUT2D eigenvalue weighted by molar-refractivity contribution is 5.20. The van der Waals surface area contributed by atoms with E-state index in [2.05, 4.69) is 44.0 Å². The van der Waals surface area contributed by atoms with E-state index < -0.39 is 0 Å². The Hall–Kier alpha value is -0.800. The molecule has 2 heterocycles. The van der Waals surface area contributed by atoms with Crippen LogP contribution in [0.3, 0.4) is 0 Å². The molecule has 3 rings (SSSR count). The van der Waals surface area contributed by atoms with E-state index in [9.17, 15) is 0 Å². The summed E-state index contributed by atoms with van der Waals surface area (Å²) in [6.45, 7) is 11.8. The van der Waals surface area contributed by atoms with Crippen LogP contribution in [0.4, 0.5) is 0 Å². The summed E-state index contributed by atoms with van der Waals surface area (Å²) in [6.07, 6.45) is 4.25. The lowest BCUT2D eigenvalue weighted by molar-refractivity contribution is 0.188. The summed E-state index contributed by atoms with van der Waals surface area (Å²) in [5.74, 6) is 3.19. The molecule has 1 aliphatic heterocycles. The Bertz CT molecular complexity index is 472. The van der Waals surface area contributed by atoms with Gasteiger partial charge in [-0.3, -0.25) is 4.90 Å². The van der Waals surface area contributed by atoms with Crippen LogP contribution in [0.25, 0.3) is 0 Å². The molecule has 1 aromatic rings. The lowest BCUT2D eigenvalue weighted by Crippen LogP contribution is -2.35. The van der Waals surface area contributed by atoms with Crippen LogP contribution >= 0.6 is 0 Å². The van der Waals surface area contributed by atoms with Crippen molar-refractivity contribution in [3.05, 3.63) is 23.2 Å². The predicted octanol–water partition coefficient (Wildman–Crippen LogP) is 3.46. The van der Waals surface area contributed by atoms with Gasteiger partial charge in [0.2, 0.25) is 0 Å². The van der Waals surface area contributed by atoms with E-state index in [0.29, 0.717) is 0 Å². The molecule has 0 amide bonds. The lowest BCUT2D eigenvalue weighted by Gasteiger charge is -2.25. The van der Waals surface area contributed by atoms with Crippen LogP contribution in [0.5, 0.6) is 0 Å². The Morgan fingerprint density at radius 2 is 2.15 bits per heavy atom. The van der Waals surface area contributed by atoms with Gasteiger partial charge in [0.15, 0.2) is 0 Å². The first-order valence-electron chi connectivity index (χ1n) is 7.98. The SMILES string of the molecule is Cc1cc(CN2CC3CCC2C3)oc1CNC(C)(C)C. The molecule has 2 unspecified atom stereocenters. The molecule has 1 aliphatic carbocycles. The van der Waals surface area contributed by atoms with Crippen molar-refractivity contribution in [1.29, 1.82) is 0 Å². The van der Waals surface area contributed by atoms with Crippen molar-refractivity contribution in [2.75, 3.05) is 6.54 Å². The zero-order chi connectivity index (χ0) is 14.3. The van der Waals surface area contributed by atoms with Gasteiger partial charge in [-0.05, 0) is 64.5 Å². The Kier molecular flexibility index (Phi) is 3.67. The van der Waals surface area contributed by atoms with Gasteiger partial charge in [0, 0.05) is 18.1 Å². The standard InChI is InChI=1S/C17H28N2O/c1-12-7-15(20-16(12)9-18-17(2,3)4)11-19-10-13-5-6-14(19)8-13/h7,13-14,18H,5-6,8-11H2,1-4H3. The molecule has 20 heavy (non-hydrogen) atoms. The summed E-state index contributed by atoms with van der Waals surface area (Å²) in [5.41, 5.74) is 1.41. The molecule has 3 heteroatoms. The second-order valence-electron chi connectivity index (χ2n) is 7.68. The first-order valence-corrected chi connectivity index (χ1v) is 7.98. The van der Waals surface area contributed by atoms with Crippen LogP contribution in [0, 0.1) is 12.8 Å². The fourth-order valence-corrected chi connectivity index (χ4v) is 3.61. The minimum absolute atomic E-state index is 0.132. The van der Waals surface area contributed by atoms with Crippen LogP contribution in [0.15, 0.2) is 10.5 Å².